The number of hydrogen-bond donors (Lipinski definition) is 2. The molecule has 5 heteroatoms. The average molecular weight is 996 g/mol. The monoisotopic (exact) mass is 995 g/mol. The molecule has 3 nitrogen and oxygen atoms in total. The Kier molecular flexibility index (Phi) is 15.9. The smallest absolute Gasteiger partial charge is 0.139 e. The van der Waals surface area contributed by atoms with Crippen molar-refractivity contribution in [3.8, 4) is 0 Å². The predicted octanol–water partition coefficient (Wildman–Crippen LogP) is 15.4. The van der Waals surface area contributed by atoms with Crippen LogP contribution in [0.1, 0.15) is 172 Å². The predicted molar refractivity (Wildman–Crippen MR) is 292 cm³/mol. The van der Waals surface area contributed by atoms with Crippen molar-refractivity contribution in [2.24, 2.45) is 70.0 Å². The third-order valence-electron chi connectivity index (χ3n) is 20.9. The molecule has 0 bridgehead atoms. The van der Waals surface area contributed by atoms with Crippen LogP contribution in [0, 0.1) is 70.0 Å². The van der Waals surface area contributed by atoms with E-state index in [9.17, 15) is 15.0 Å². The van der Waals surface area contributed by atoms with Gasteiger partial charge in [-0.3, -0.25) is 4.79 Å². The van der Waals surface area contributed by atoms with Crippen LogP contribution >= 0.6 is 20.8 Å². The largest absolute Gasteiger partial charge is 0.390 e. The fourth-order valence-corrected chi connectivity index (χ4v) is 24.0. The average Bonchev–Trinajstić information content (AvgIpc) is 3.83. The zero-order chi connectivity index (χ0) is 45.9. The third kappa shape index (κ3) is 9.34. The van der Waals surface area contributed by atoms with Gasteiger partial charge in [0.15, 0.2) is 0 Å². The number of hydrogen-bond acceptors (Lipinski definition) is 3. The van der Waals surface area contributed by atoms with Crippen molar-refractivity contribution in [2.75, 3.05) is 6.16 Å². The van der Waals surface area contributed by atoms with Crippen LogP contribution in [0.4, 0.5) is 0 Å². The van der Waals surface area contributed by atoms with Crippen LogP contribution in [0.15, 0.2) is 103 Å². The maximum atomic E-state index is 12.3. The number of carbonyl (C=O) groups is 1. The summed E-state index contributed by atoms with van der Waals surface area (Å²) in [4.78, 5) is 12.3. The normalized spacial score (nSPS) is 40.6. The van der Waals surface area contributed by atoms with Crippen LogP contribution in [-0.4, -0.2) is 33.4 Å². The molecule has 8 saturated carbocycles. The number of carbonyl (C=O) groups excluding carboxylic acids is 1. The summed E-state index contributed by atoms with van der Waals surface area (Å²) in [7, 11) is 0. The first-order valence-corrected chi connectivity index (χ1v) is 31.0. The Bertz CT molecular complexity index is 2050. The number of Topliss-reactive ketones (excluding diaryl/α,β-unsaturated/α-hetero) is 1. The fourth-order valence-electron chi connectivity index (χ4n) is 17.5. The second kappa shape index (κ2) is 20.2. The second-order valence-corrected chi connectivity index (χ2v) is 33.3. The summed E-state index contributed by atoms with van der Waals surface area (Å²) in [6.45, 7) is 13.5. The molecule has 8 aliphatic rings. The summed E-state index contributed by atoms with van der Waals surface area (Å²) in [6, 6.07) is 32.7. The van der Waals surface area contributed by atoms with Gasteiger partial charge in [-0.2, -0.15) is 0 Å². The number of fused-ring (bicyclic) bond motifs is 10. The Labute approximate surface area is 417 Å². The van der Waals surface area contributed by atoms with E-state index in [4.69, 9.17) is 0 Å². The van der Waals surface area contributed by atoms with Gasteiger partial charge in [-0.25, -0.2) is 0 Å². The molecule has 0 heterocycles. The van der Waals surface area contributed by atoms with Crippen molar-refractivity contribution in [2.45, 2.75) is 183 Å². The minimum atomic E-state index is -2.59. The molecule has 370 valence electrons. The number of aliphatic hydroxyl groups is 2. The molecule has 0 amide bonds. The topological polar surface area (TPSA) is 57.5 Å². The van der Waals surface area contributed by atoms with E-state index >= 15 is 0 Å². The van der Waals surface area contributed by atoms with Crippen LogP contribution in [0.3, 0.4) is 0 Å². The number of benzene rings is 3. The molecule has 11 rings (SSSR count). The molecule has 0 unspecified atom stereocenters. The maximum absolute atomic E-state index is 12.3. The number of ketones is 1. The SMILES string of the molecule is C.C.CC=C1CC[C@H]2[C@@H]3CC[C@@H]4C[C@](C)(O)CC[C@@H]4[C@H]3CC[C@]12C.CCP(Br)(c1ccccc1)(c1ccccc1)c1ccccc1.C[C@@]1(O)CC[C@H]2[C@H](CC[C@@H]3[C@@H]2CC[C@]2(C)C(=O)CC[C@@H]32)C1. The molecule has 3 aromatic rings. The van der Waals surface area contributed by atoms with Crippen molar-refractivity contribution in [3.05, 3.63) is 103 Å². The summed E-state index contributed by atoms with van der Waals surface area (Å²) >= 11 is 4.35. The molecule has 8 fully saturated rings. The number of allylic oxidation sites excluding steroid dienone is 2. The zero-order valence-corrected chi connectivity index (χ0v) is 43.6. The van der Waals surface area contributed by atoms with Crippen LogP contribution < -0.4 is 15.9 Å². The van der Waals surface area contributed by atoms with Crippen molar-refractivity contribution < 1.29 is 15.0 Å². The molecule has 0 spiro atoms. The van der Waals surface area contributed by atoms with E-state index < -0.39 is 10.9 Å². The molecule has 0 radical (unpaired) electrons. The summed E-state index contributed by atoms with van der Waals surface area (Å²) in [5.74, 6) is 9.14. The summed E-state index contributed by atoms with van der Waals surface area (Å²) < 4.78 is 0. The van der Waals surface area contributed by atoms with Crippen molar-refractivity contribution in [3.63, 3.8) is 0 Å². The molecular formula is C62H92BrO3P. The van der Waals surface area contributed by atoms with Gasteiger partial charge in [-0.15, -0.1) is 0 Å². The van der Waals surface area contributed by atoms with Gasteiger partial charge in [0, 0.05) is 11.8 Å². The Morgan fingerprint density at radius 3 is 1.34 bits per heavy atom. The first-order valence-electron chi connectivity index (χ1n) is 26.6. The molecule has 0 aromatic heterocycles. The Hall–Kier alpha value is -2.10. The third-order valence-corrected chi connectivity index (χ3v) is 31.4. The maximum Gasteiger partial charge on any atom is 0.139 e. The van der Waals surface area contributed by atoms with Gasteiger partial charge in [-0.05, 0) is 195 Å². The molecule has 3 aromatic carbocycles. The van der Waals surface area contributed by atoms with Gasteiger partial charge in [0.25, 0.3) is 0 Å². The van der Waals surface area contributed by atoms with E-state index in [1.165, 1.54) is 86.5 Å². The first kappa shape index (κ1) is 52.7. The molecule has 67 heavy (non-hydrogen) atoms. The second-order valence-electron chi connectivity index (χ2n) is 24.1. The van der Waals surface area contributed by atoms with Gasteiger partial charge in [0.05, 0.1) is 11.2 Å². The van der Waals surface area contributed by atoms with E-state index in [-0.39, 0.29) is 25.9 Å². The molecule has 2 N–H and O–H groups in total. The van der Waals surface area contributed by atoms with Crippen LogP contribution in [-0.2, 0) is 4.79 Å². The van der Waals surface area contributed by atoms with Crippen LogP contribution in [0.5, 0.6) is 0 Å². The Balaban J connectivity index is 0.000000147. The molecule has 0 saturated heterocycles. The van der Waals surface area contributed by atoms with Gasteiger partial charge in [-0.1, -0.05) is 40.3 Å². The van der Waals surface area contributed by atoms with Crippen LogP contribution in [0.2, 0.25) is 0 Å². The van der Waals surface area contributed by atoms with Crippen LogP contribution in [0.25, 0.3) is 0 Å². The van der Waals surface area contributed by atoms with Gasteiger partial charge in [0.1, 0.15) is 5.78 Å². The van der Waals surface area contributed by atoms with Crippen molar-refractivity contribution >= 4 is 42.5 Å². The number of rotatable bonds is 4. The van der Waals surface area contributed by atoms with E-state index in [1.807, 2.05) is 6.92 Å². The van der Waals surface area contributed by atoms with Gasteiger partial charge < -0.3 is 10.2 Å². The van der Waals surface area contributed by atoms with E-state index in [0.717, 1.165) is 104 Å². The molecular weight excluding hydrogens is 904 g/mol. The van der Waals surface area contributed by atoms with Gasteiger partial charge in [0.2, 0.25) is 0 Å². The zero-order valence-electron chi connectivity index (χ0n) is 41.1. The number of halogens is 1. The van der Waals surface area contributed by atoms with Crippen molar-refractivity contribution in [1.82, 2.24) is 0 Å². The van der Waals surface area contributed by atoms with Gasteiger partial charge >= 0.3 is 141 Å². The quantitative estimate of drug-likeness (QED) is 0.202. The Morgan fingerprint density at radius 1 is 0.537 bits per heavy atom. The standard InChI is InChI=1S/C21H34O.C20H20BrP.C19H30O2.2CH4/c1-4-15-6-8-19-18-7-5-14-13-20(2,22)11-9-16(14)17(18)10-12-21(15,19)3;1-2-22(21,18-12-6-3-7-13-18,19-14-8-4-9-15-19)20-16-10-5-11-17-20;1-18(21)9-7-13-12(11-18)3-4-15-14(13)8-10-19(2)16(15)5-6-17(19)20;;/h4,14,16-19,22H,5-13H2,1-3H3;3-17H,2H2,1H3;12-16,21H,3-11H2,1-2H3;2*1H4/t14-,16+,17-,18-,19+,20-,21-;;12-,13+,14-,15-,16+,18-,19+;;/m1.1../s1. The van der Waals surface area contributed by atoms with E-state index in [0.29, 0.717) is 17.1 Å². The minimum absolute atomic E-state index is 0. The molecule has 0 aliphatic heterocycles. The first-order chi connectivity index (χ1) is 31.0. The molecule has 14 atom stereocenters. The summed E-state index contributed by atoms with van der Waals surface area (Å²) in [6.07, 6.45) is 25.6. The fraction of sp³-hybridized carbons (Fsp3) is 0.661. The van der Waals surface area contributed by atoms with E-state index in [2.05, 4.69) is 147 Å². The molecule has 8 aliphatic carbocycles. The summed E-state index contributed by atoms with van der Waals surface area (Å²) in [5, 5.41) is 22.4. The van der Waals surface area contributed by atoms with E-state index in [1.54, 1.807) is 5.57 Å². The van der Waals surface area contributed by atoms with Crippen molar-refractivity contribution in [1.29, 1.82) is 0 Å². The minimum Gasteiger partial charge on any atom is -0.390 e. The Morgan fingerprint density at radius 2 is 0.925 bits per heavy atom. The summed E-state index contributed by atoms with van der Waals surface area (Å²) in [5.41, 5.74) is 1.53.